The van der Waals surface area contributed by atoms with E-state index in [4.69, 9.17) is 0 Å². The van der Waals surface area contributed by atoms with Crippen molar-refractivity contribution < 1.29 is 13.6 Å². The number of halogens is 2. The third-order valence-electron chi connectivity index (χ3n) is 7.53. The molecule has 5 fully saturated rings. The molecular formula is C20H27F2N3O. The number of carbonyl (C=O) groups is 1. The monoisotopic (exact) mass is 363 g/mol. The Balaban J connectivity index is 1.43. The van der Waals surface area contributed by atoms with Gasteiger partial charge in [0.15, 0.2) is 0 Å². The second kappa shape index (κ2) is 5.77. The average Bonchev–Trinajstić information content (AvgIpc) is 3.32. The zero-order chi connectivity index (χ0) is 18.1. The fourth-order valence-corrected chi connectivity index (χ4v) is 6.86. The molecule has 1 aromatic heterocycles. The number of hydrogen-bond acceptors (Lipinski definition) is 2. The molecule has 0 aromatic carbocycles. The standard InChI is InChI=1S/C20H27F2N3O/c1-10-15(16(18(21)22)25-24-10)19(26)23-17(14-2-3-14)20-7-11-4-12(8-20)6-13(5-11)9-20/h11-14,17-18H,2-9H2,1H3,(H,23,26)(H,24,25). The maximum absolute atomic E-state index is 13.3. The van der Waals surface area contributed by atoms with Gasteiger partial charge in [0.05, 0.1) is 5.56 Å². The van der Waals surface area contributed by atoms with Gasteiger partial charge in [0.1, 0.15) is 5.69 Å². The molecule has 5 aliphatic rings. The summed E-state index contributed by atoms with van der Waals surface area (Å²) in [7, 11) is 0. The van der Waals surface area contributed by atoms with Gasteiger partial charge in [-0.1, -0.05) is 0 Å². The van der Waals surface area contributed by atoms with Crippen LogP contribution >= 0.6 is 0 Å². The van der Waals surface area contributed by atoms with Crippen molar-refractivity contribution in [2.75, 3.05) is 0 Å². The van der Waals surface area contributed by atoms with Crippen molar-refractivity contribution in [3.63, 3.8) is 0 Å². The van der Waals surface area contributed by atoms with Crippen molar-refractivity contribution in [2.24, 2.45) is 29.1 Å². The van der Waals surface area contributed by atoms with E-state index in [9.17, 15) is 13.6 Å². The van der Waals surface area contributed by atoms with Gasteiger partial charge in [-0.3, -0.25) is 9.89 Å². The summed E-state index contributed by atoms with van der Waals surface area (Å²) >= 11 is 0. The summed E-state index contributed by atoms with van der Waals surface area (Å²) < 4.78 is 26.5. The molecule has 26 heavy (non-hydrogen) atoms. The summed E-state index contributed by atoms with van der Waals surface area (Å²) in [5.74, 6) is 2.60. The van der Waals surface area contributed by atoms with Crippen LogP contribution in [0.4, 0.5) is 8.78 Å². The minimum Gasteiger partial charge on any atom is -0.348 e. The molecule has 1 aromatic rings. The highest BCUT2D eigenvalue weighted by atomic mass is 19.3. The van der Waals surface area contributed by atoms with Gasteiger partial charge >= 0.3 is 0 Å². The first-order valence-electron chi connectivity index (χ1n) is 10.1. The first kappa shape index (κ1) is 16.7. The van der Waals surface area contributed by atoms with Crippen molar-refractivity contribution in [1.82, 2.24) is 15.5 Å². The molecule has 1 unspecified atom stereocenters. The van der Waals surface area contributed by atoms with Crippen LogP contribution in [0.1, 0.15) is 79.5 Å². The summed E-state index contributed by atoms with van der Waals surface area (Å²) in [6.45, 7) is 1.64. The van der Waals surface area contributed by atoms with Gasteiger partial charge in [-0.2, -0.15) is 5.10 Å². The first-order valence-corrected chi connectivity index (χ1v) is 10.1. The van der Waals surface area contributed by atoms with E-state index in [1.807, 2.05) is 0 Å². The Bertz CT molecular complexity index is 689. The van der Waals surface area contributed by atoms with E-state index in [0.717, 1.165) is 30.6 Å². The molecule has 4 nitrogen and oxygen atoms in total. The van der Waals surface area contributed by atoms with Crippen molar-refractivity contribution in [2.45, 2.75) is 70.8 Å². The van der Waals surface area contributed by atoms with Gasteiger partial charge < -0.3 is 5.32 Å². The van der Waals surface area contributed by atoms with E-state index in [2.05, 4.69) is 15.5 Å². The van der Waals surface area contributed by atoms with Crippen molar-refractivity contribution >= 4 is 5.91 Å². The van der Waals surface area contributed by atoms with Crippen LogP contribution in [0.3, 0.4) is 0 Å². The SMILES string of the molecule is Cc1[nH]nc(C(F)F)c1C(=O)NC(C1CC1)C12CC3CC(CC(C3)C1)C2. The summed E-state index contributed by atoms with van der Waals surface area (Å²) in [4.78, 5) is 13.0. The number of nitrogens with one attached hydrogen (secondary N) is 2. The van der Waals surface area contributed by atoms with E-state index in [0.29, 0.717) is 11.6 Å². The molecule has 1 amide bonds. The maximum atomic E-state index is 13.3. The lowest BCUT2D eigenvalue weighted by Gasteiger charge is -2.59. The minimum absolute atomic E-state index is 0.0513. The Morgan fingerprint density at radius 1 is 1.15 bits per heavy atom. The molecule has 0 saturated heterocycles. The zero-order valence-corrected chi connectivity index (χ0v) is 15.2. The minimum atomic E-state index is -2.74. The van der Waals surface area contributed by atoms with Gasteiger partial charge in [0, 0.05) is 11.7 Å². The molecule has 1 atom stereocenters. The number of aromatic amines is 1. The molecule has 0 aliphatic heterocycles. The number of aryl methyl sites for hydroxylation is 1. The Labute approximate surface area is 152 Å². The van der Waals surface area contributed by atoms with E-state index < -0.39 is 12.1 Å². The number of nitrogens with zero attached hydrogens (tertiary/aromatic N) is 1. The average molecular weight is 363 g/mol. The lowest BCUT2D eigenvalue weighted by molar-refractivity contribution is -0.0761. The Kier molecular flexibility index (Phi) is 3.70. The number of carbonyl (C=O) groups excluding carboxylic acids is 1. The van der Waals surface area contributed by atoms with Crippen LogP contribution in [0, 0.1) is 36.0 Å². The Morgan fingerprint density at radius 2 is 1.73 bits per heavy atom. The highest BCUT2D eigenvalue weighted by molar-refractivity contribution is 5.96. The normalized spacial score (nSPS) is 36.5. The van der Waals surface area contributed by atoms with Crippen molar-refractivity contribution in [3.05, 3.63) is 17.0 Å². The molecule has 4 bridgehead atoms. The van der Waals surface area contributed by atoms with Gasteiger partial charge in [0.25, 0.3) is 12.3 Å². The van der Waals surface area contributed by atoms with E-state index in [-0.39, 0.29) is 22.9 Å². The third-order valence-corrected chi connectivity index (χ3v) is 7.53. The fourth-order valence-electron chi connectivity index (χ4n) is 6.86. The van der Waals surface area contributed by atoms with E-state index >= 15 is 0 Å². The van der Waals surface area contributed by atoms with E-state index in [1.165, 1.54) is 38.5 Å². The molecule has 5 aliphatic carbocycles. The van der Waals surface area contributed by atoms with Crippen LogP contribution < -0.4 is 5.32 Å². The fraction of sp³-hybridized carbons (Fsp3) is 0.800. The predicted octanol–water partition coefficient (Wildman–Crippen LogP) is 4.38. The molecule has 1 heterocycles. The van der Waals surface area contributed by atoms with Gasteiger partial charge in [-0.05, 0) is 87.4 Å². The summed E-state index contributed by atoms with van der Waals surface area (Å²) in [6, 6.07) is 0.142. The van der Waals surface area contributed by atoms with Crippen LogP contribution in [0.15, 0.2) is 0 Å². The van der Waals surface area contributed by atoms with Crippen LogP contribution in [0.25, 0.3) is 0 Å². The number of aromatic nitrogens is 2. The molecule has 6 rings (SSSR count). The molecule has 5 saturated carbocycles. The van der Waals surface area contributed by atoms with Crippen LogP contribution in [0.5, 0.6) is 0 Å². The Morgan fingerprint density at radius 3 is 2.23 bits per heavy atom. The van der Waals surface area contributed by atoms with Crippen LogP contribution in [-0.4, -0.2) is 22.1 Å². The molecule has 6 heteroatoms. The predicted molar refractivity (Wildman–Crippen MR) is 92.9 cm³/mol. The smallest absolute Gasteiger partial charge is 0.282 e. The van der Waals surface area contributed by atoms with Crippen LogP contribution in [0.2, 0.25) is 0 Å². The van der Waals surface area contributed by atoms with E-state index in [1.54, 1.807) is 6.92 Å². The Hall–Kier alpha value is -1.46. The number of amides is 1. The van der Waals surface area contributed by atoms with Crippen molar-refractivity contribution in [1.29, 1.82) is 0 Å². The zero-order valence-electron chi connectivity index (χ0n) is 15.2. The lowest BCUT2D eigenvalue weighted by Crippen LogP contribution is -2.57. The first-order chi connectivity index (χ1) is 12.4. The molecule has 142 valence electrons. The van der Waals surface area contributed by atoms with Crippen LogP contribution in [-0.2, 0) is 0 Å². The summed E-state index contributed by atoms with van der Waals surface area (Å²) in [5, 5.41) is 9.46. The third kappa shape index (κ3) is 2.59. The number of alkyl halides is 2. The number of rotatable bonds is 5. The molecule has 2 N–H and O–H groups in total. The largest absolute Gasteiger partial charge is 0.348 e. The quantitative estimate of drug-likeness (QED) is 0.816. The highest BCUT2D eigenvalue weighted by Gasteiger charge is 2.57. The molecule has 0 spiro atoms. The number of hydrogen-bond donors (Lipinski definition) is 2. The van der Waals surface area contributed by atoms with Gasteiger partial charge in [-0.25, -0.2) is 8.78 Å². The number of H-pyrrole nitrogens is 1. The maximum Gasteiger partial charge on any atom is 0.282 e. The van der Waals surface area contributed by atoms with Gasteiger partial charge in [0.2, 0.25) is 0 Å². The molecular weight excluding hydrogens is 336 g/mol. The summed E-state index contributed by atoms with van der Waals surface area (Å²) in [6.07, 6.45) is 7.30. The van der Waals surface area contributed by atoms with Crippen molar-refractivity contribution in [3.8, 4) is 0 Å². The highest BCUT2D eigenvalue weighted by Crippen LogP contribution is 2.63. The van der Waals surface area contributed by atoms with Gasteiger partial charge in [-0.15, -0.1) is 0 Å². The lowest BCUT2D eigenvalue weighted by atomic mass is 9.47. The molecule has 0 radical (unpaired) electrons. The second-order valence-corrected chi connectivity index (χ2v) is 9.48. The topological polar surface area (TPSA) is 57.8 Å². The second-order valence-electron chi connectivity index (χ2n) is 9.48. The summed E-state index contributed by atoms with van der Waals surface area (Å²) in [5.41, 5.74) is 0.266.